The van der Waals surface area contributed by atoms with Crippen LogP contribution < -0.4 is 0 Å². The number of unbranched alkanes of at least 4 members (excludes halogenated alkanes) is 2. The normalized spacial score (nSPS) is 11.3. The van der Waals surface area contributed by atoms with E-state index in [0.717, 1.165) is 24.8 Å². The summed E-state index contributed by atoms with van der Waals surface area (Å²) >= 11 is 0. The minimum Gasteiger partial charge on any atom is -0.462 e. The second-order valence-electron chi connectivity index (χ2n) is 5.22. The third-order valence-electron chi connectivity index (χ3n) is 3.40. The van der Waals surface area contributed by atoms with E-state index in [-0.39, 0.29) is 11.4 Å². The number of esters is 1. The summed E-state index contributed by atoms with van der Waals surface area (Å²) in [5.74, 6) is -0.941. The van der Waals surface area contributed by atoms with Crippen molar-refractivity contribution in [3.8, 4) is 0 Å². The highest BCUT2D eigenvalue weighted by Gasteiger charge is 2.22. The molecule has 4 nitrogen and oxygen atoms in total. The molecular weight excluding hydrogens is 290 g/mol. The van der Waals surface area contributed by atoms with Crippen molar-refractivity contribution in [1.29, 1.82) is 0 Å². The van der Waals surface area contributed by atoms with Gasteiger partial charge in [-0.15, -0.1) is 0 Å². The van der Waals surface area contributed by atoms with Crippen LogP contribution in [0.4, 0.5) is 0 Å². The maximum absolute atomic E-state index is 12.5. The third-order valence-corrected chi connectivity index (χ3v) is 3.40. The van der Waals surface area contributed by atoms with Crippen molar-refractivity contribution in [2.24, 2.45) is 0 Å². The topological polar surface area (TPSA) is 59.2 Å². The van der Waals surface area contributed by atoms with Crippen LogP contribution in [0.5, 0.6) is 0 Å². The van der Waals surface area contributed by atoms with Crippen molar-refractivity contribution in [1.82, 2.24) is 4.98 Å². The summed E-state index contributed by atoms with van der Waals surface area (Å²) in [6.07, 6.45) is 6.07. The van der Waals surface area contributed by atoms with Crippen LogP contribution in [0.1, 0.15) is 42.2 Å². The summed E-state index contributed by atoms with van der Waals surface area (Å²) in [7, 11) is 0. The molecule has 1 heterocycles. The van der Waals surface area contributed by atoms with E-state index in [1.54, 1.807) is 24.4 Å². The van der Waals surface area contributed by atoms with Crippen molar-refractivity contribution in [3.63, 3.8) is 0 Å². The molecule has 120 valence electrons. The molecule has 0 fully saturated rings. The number of ketones is 1. The second kappa shape index (κ2) is 8.73. The molecule has 1 N–H and O–H groups in total. The standard InChI is InChI=1S/C19H21NO3/c1-2-3-7-13-23-19(22)16(14-15-9-5-4-6-10-15)18(21)17-11-8-12-20-17/h4-6,8-12,14,20H,2-3,7,13H2,1H3/b16-14-. The van der Waals surface area contributed by atoms with E-state index < -0.39 is 5.97 Å². The summed E-state index contributed by atoms with van der Waals surface area (Å²) in [6, 6.07) is 12.6. The Bertz CT molecular complexity index is 657. The van der Waals surface area contributed by atoms with Crippen molar-refractivity contribution in [2.75, 3.05) is 6.61 Å². The van der Waals surface area contributed by atoms with Crippen LogP contribution in [0.3, 0.4) is 0 Å². The summed E-state index contributed by atoms with van der Waals surface area (Å²) in [5, 5.41) is 0. The fourth-order valence-corrected chi connectivity index (χ4v) is 2.14. The molecule has 0 amide bonds. The lowest BCUT2D eigenvalue weighted by Gasteiger charge is -2.07. The van der Waals surface area contributed by atoms with Gasteiger partial charge in [-0.3, -0.25) is 4.79 Å². The number of carbonyl (C=O) groups is 2. The predicted molar refractivity (Wildman–Crippen MR) is 90.0 cm³/mol. The number of hydrogen-bond donors (Lipinski definition) is 1. The number of nitrogens with one attached hydrogen (secondary N) is 1. The molecule has 2 aromatic rings. The van der Waals surface area contributed by atoms with Crippen LogP contribution in [-0.4, -0.2) is 23.3 Å². The zero-order chi connectivity index (χ0) is 16.5. The highest BCUT2D eigenvalue weighted by Crippen LogP contribution is 2.14. The van der Waals surface area contributed by atoms with Gasteiger partial charge in [0.15, 0.2) is 0 Å². The fourth-order valence-electron chi connectivity index (χ4n) is 2.14. The van der Waals surface area contributed by atoms with E-state index in [9.17, 15) is 9.59 Å². The van der Waals surface area contributed by atoms with Crippen LogP contribution >= 0.6 is 0 Å². The molecule has 0 radical (unpaired) electrons. The molecular formula is C19H21NO3. The van der Waals surface area contributed by atoms with E-state index in [1.165, 1.54) is 0 Å². The summed E-state index contributed by atoms with van der Waals surface area (Å²) in [4.78, 5) is 27.7. The van der Waals surface area contributed by atoms with E-state index in [1.807, 2.05) is 30.3 Å². The van der Waals surface area contributed by atoms with E-state index >= 15 is 0 Å². The molecule has 0 aliphatic rings. The molecule has 0 unspecified atom stereocenters. The van der Waals surface area contributed by atoms with Crippen LogP contribution in [-0.2, 0) is 9.53 Å². The molecule has 0 aliphatic carbocycles. The molecule has 23 heavy (non-hydrogen) atoms. The summed E-state index contributed by atoms with van der Waals surface area (Å²) < 4.78 is 5.26. The van der Waals surface area contributed by atoms with Gasteiger partial charge in [0.1, 0.15) is 5.57 Å². The van der Waals surface area contributed by atoms with Gasteiger partial charge in [0.2, 0.25) is 5.78 Å². The van der Waals surface area contributed by atoms with E-state index in [0.29, 0.717) is 12.3 Å². The van der Waals surface area contributed by atoms with E-state index in [2.05, 4.69) is 11.9 Å². The van der Waals surface area contributed by atoms with Gasteiger partial charge in [-0.1, -0.05) is 50.1 Å². The average Bonchev–Trinajstić information content (AvgIpc) is 3.11. The van der Waals surface area contributed by atoms with Gasteiger partial charge in [-0.05, 0) is 30.2 Å². The summed E-state index contributed by atoms with van der Waals surface area (Å²) in [5.41, 5.74) is 1.20. The van der Waals surface area contributed by atoms with Crippen LogP contribution in [0, 0.1) is 0 Å². The Morgan fingerprint density at radius 1 is 1.09 bits per heavy atom. The average molecular weight is 311 g/mol. The highest BCUT2D eigenvalue weighted by atomic mass is 16.5. The van der Waals surface area contributed by atoms with Crippen molar-refractivity contribution in [2.45, 2.75) is 26.2 Å². The first kappa shape index (κ1) is 16.7. The number of H-pyrrole nitrogens is 1. The highest BCUT2D eigenvalue weighted by molar-refractivity contribution is 6.26. The molecule has 0 spiro atoms. The van der Waals surface area contributed by atoms with Gasteiger partial charge in [0.05, 0.1) is 12.3 Å². The molecule has 0 saturated heterocycles. The van der Waals surface area contributed by atoms with E-state index in [4.69, 9.17) is 4.74 Å². The van der Waals surface area contributed by atoms with Crippen molar-refractivity contribution >= 4 is 17.8 Å². The number of carbonyl (C=O) groups excluding carboxylic acids is 2. The Kier molecular flexibility index (Phi) is 6.36. The maximum atomic E-state index is 12.5. The molecule has 4 heteroatoms. The first-order valence-electron chi connectivity index (χ1n) is 7.84. The number of Topliss-reactive ketones (excluding diaryl/α,β-unsaturated/α-hetero) is 1. The molecule has 0 aliphatic heterocycles. The van der Waals surface area contributed by atoms with Gasteiger partial charge in [-0.2, -0.15) is 0 Å². The zero-order valence-corrected chi connectivity index (χ0v) is 13.2. The van der Waals surface area contributed by atoms with Crippen LogP contribution in [0.25, 0.3) is 6.08 Å². The minimum atomic E-state index is -0.579. The fraction of sp³-hybridized carbons (Fsp3) is 0.263. The molecule has 0 atom stereocenters. The van der Waals surface area contributed by atoms with Gasteiger partial charge < -0.3 is 9.72 Å². The Morgan fingerprint density at radius 2 is 1.87 bits per heavy atom. The number of benzene rings is 1. The number of aromatic nitrogens is 1. The number of hydrogen-bond acceptors (Lipinski definition) is 3. The Balaban J connectivity index is 2.19. The van der Waals surface area contributed by atoms with Gasteiger partial charge in [-0.25, -0.2) is 4.79 Å². The lowest BCUT2D eigenvalue weighted by molar-refractivity contribution is -0.138. The predicted octanol–water partition coefficient (Wildman–Crippen LogP) is 4.01. The Labute approximate surface area is 136 Å². The first-order valence-corrected chi connectivity index (χ1v) is 7.84. The Morgan fingerprint density at radius 3 is 2.52 bits per heavy atom. The van der Waals surface area contributed by atoms with Gasteiger partial charge >= 0.3 is 5.97 Å². The number of rotatable bonds is 8. The summed E-state index contributed by atoms with van der Waals surface area (Å²) in [6.45, 7) is 2.41. The van der Waals surface area contributed by atoms with Gasteiger partial charge in [0, 0.05) is 6.20 Å². The van der Waals surface area contributed by atoms with Gasteiger partial charge in [0.25, 0.3) is 0 Å². The molecule has 0 saturated carbocycles. The monoisotopic (exact) mass is 311 g/mol. The quantitative estimate of drug-likeness (QED) is 0.200. The lowest BCUT2D eigenvalue weighted by atomic mass is 10.1. The second-order valence-corrected chi connectivity index (χ2v) is 5.22. The van der Waals surface area contributed by atoms with Crippen molar-refractivity contribution in [3.05, 3.63) is 65.5 Å². The lowest BCUT2D eigenvalue weighted by Crippen LogP contribution is -2.17. The van der Waals surface area contributed by atoms with Crippen molar-refractivity contribution < 1.29 is 14.3 Å². The molecule has 0 bridgehead atoms. The minimum absolute atomic E-state index is 0.0372. The molecule has 1 aromatic heterocycles. The first-order chi connectivity index (χ1) is 11.2. The van der Waals surface area contributed by atoms with Crippen LogP contribution in [0.15, 0.2) is 54.2 Å². The SMILES string of the molecule is CCCCCOC(=O)/C(=C\c1ccccc1)C(=O)c1ccc[nH]1. The smallest absolute Gasteiger partial charge is 0.342 e. The Hall–Kier alpha value is -2.62. The number of aromatic amines is 1. The van der Waals surface area contributed by atoms with Crippen LogP contribution in [0.2, 0.25) is 0 Å². The zero-order valence-electron chi connectivity index (χ0n) is 13.2. The molecule has 2 rings (SSSR count). The third kappa shape index (κ3) is 4.95. The number of ether oxygens (including phenoxy) is 1. The molecule has 1 aromatic carbocycles. The maximum Gasteiger partial charge on any atom is 0.342 e. The largest absolute Gasteiger partial charge is 0.462 e.